The van der Waals surface area contributed by atoms with Gasteiger partial charge in [0.25, 0.3) is 5.95 Å². The van der Waals surface area contributed by atoms with Crippen LogP contribution in [0, 0.1) is 5.92 Å². The molecule has 0 N–H and O–H groups in total. The first kappa shape index (κ1) is 20.4. The number of hydrogen-bond donors (Lipinski definition) is 0. The Labute approximate surface area is 186 Å². The highest BCUT2D eigenvalue weighted by Gasteiger charge is 2.34. The number of furan rings is 1. The van der Waals surface area contributed by atoms with E-state index in [0.717, 1.165) is 37.1 Å². The molecule has 1 unspecified atom stereocenters. The standard InChI is InChI=1S/C26H25NO5/c1-29-18-10-7-16(8-11-18)15-17-9-12-21(31-23-14-13-22(32-23)26(28)30-2)25-24(17)19-5-3-4-6-20(19)27-25/h7-14,17H,3-6,15H2,1-2H3. The summed E-state index contributed by atoms with van der Waals surface area (Å²) in [5, 5.41) is 0. The van der Waals surface area contributed by atoms with Gasteiger partial charge in [0.15, 0.2) is 5.76 Å². The van der Waals surface area contributed by atoms with Crippen LogP contribution in [-0.2, 0) is 11.2 Å². The van der Waals surface area contributed by atoms with Crippen LogP contribution in [0.4, 0.5) is 0 Å². The first-order valence-corrected chi connectivity index (χ1v) is 10.9. The van der Waals surface area contributed by atoms with Crippen LogP contribution in [0.25, 0.3) is 0 Å². The van der Waals surface area contributed by atoms with E-state index in [1.807, 2.05) is 18.2 Å². The molecule has 0 radical (unpaired) electrons. The van der Waals surface area contributed by atoms with Gasteiger partial charge >= 0.3 is 5.97 Å². The molecule has 0 saturated heterocycles. The van der Waals surface area contributed by atoms with E-state index in [1.54, 1.807) is 19.2 Å². The quantitative estimate of drug-likeness (QED) is 0.571. The Balaban J connectivity index is 1.45. The highest BCUT2D eigenvalue weighted by atomic mass is 16.6. The number of hydrogen-bond acceptors (Lipinski definition) is 6. The molecule has 3 aliphatic rings. The fourth-order valence-electron chi connectivity index (χ4n) is 4.57. The molecule has 1 fully saturated rings. The molecule has 1 aliphatic heterocycles. The van der Waals surface area contributed by atoms with Crippen LogP contribution in [0.1, 0.15) is 41.8 Å². The van der Waals surface area contributed by atoms with Crippen LogP contribution in [0.15, 0.2) is 80.6 Å². The van der Waals surface area contributed by atoms with E-state index in [-0.39, 0.29) is 17.6 Å². The first-order valence-electron chi connectivity index (χ1n) is 10.9. The normalized spacial score (nSPS) is 19.4. The molecule has 1 atom stereocenters. The molecule has 1 aromatic carbocycles. The molecule has 2 aliphatic carbocycles. The number of esters is 1. The highest BCUT2D eigenvalue weighted by molar-refractivity contribution is 6.06. The van der Waals surface area contributed by atoms with Gasteiger partial charge in [-0.1, -0.05) is 18.2 Å². The fraction of sp³-hybridized carbons (Fsp3) is 0.308. The number of nitrogens with zero attached hydrogens (tertiary/aromatic N) is 1. The average molecular weight is 431 g/mol. The molecule has 164 valence electrons. The Kier molecular flexibility index (Phi) is 5.43. The van der Waals surface area contributed by atoms with Gasteiger partial charge in [-0.25, -0.2) is 9.79 Å². The second kappa shape index (κ2) is 8.54. The largest absolute Gasteiger partial charge is 0.497 e. The number of fused-ring (bicyclic) bond motifs is 2. The first-order chi connectivity index (χ1) is 15.7. The second-order valence-corrected chi connectivity index (χ2v) is 8.10. The fourth-order valence-corrected chi connectivity index (χ4v) is 4.57. The third kappa shape index (κ3) is 3.77. The van der Waals surface area contributed by atoms with Crippen molar-refractivity contribution in [2.75, 3.05) is 14.2 Å². The van der Waals surface area contributed by atoms with Crippen molar-refractivity contribution in [3.8, 4) is 11.7 Å². The maximum absolute atomic E-state index is 11.7. The predicted octanol–water partition coefficient (Wildman–Crippen LogP) is 5.42. The van der Waals surface area contributed by atoms with Gasteiger partial charge < -0.3 is 18.6 Å². The summed E-state index contributed by atoms with van der Waals surface area (Å²) in [5.74, 6) is 1.54. The molecular formula is C26H25NO5. The summed E-state index contributed by atoms with van der Waals surface area (Å²) < 4.78 is 21.5. The number of carbonyl (C=O) groups is 1. The topological polar surface area (TPSA) is 70.3 Å². The Morgan fingerprint density at radius 3 is 2.69 bits per heavy atom. The average Bonchev–Trinajstić information content (AvgIpc) is 3.46. The van der Waals surface area contributed by atoms with E-state index in [0.29, 0.717) is 5.76 Å². The lowest BCUT2D eigenvalue weighted by molar-refractivity contribution is 0.0559. The van der Waals surface area contributed by atoms with Crippen molar-refractivity contribution in [2.45, 2.75) is 32.1 Å². The van der Waals surface area contributed by atoms with E-state index in [9.17, 15) is 4.79 Å². The van der Waals surface area contributed by atoms with E-state index in [1.165, 1.54) is 36.0 Å². The molecule has 0 spiro atoms. The zero-order valence-corrected chi connectivity index (χ0v) is 18.2. The number of rotatable bonds is 6. The summed E-state index contributed by atoms with van der Waals surface area (Å²) in [6, 6.07) is 11.4. The molecule has 1 saturated carbocycles. The number of carbonyl (C=O) groups excluding carboxylic acids is 1. The van der Waals surface area contributed by atoms with Gasteiger partial charge in [-0.2, -0.15) is 0 Å². The van der Waals surface area contributed by atoms with Crippen LogP contribution < -0.4 is 9.47 Å². The van der Waals surface area contributed by atoms with Gasteiger partial charge in [-0.3, -0.25) is 0 Å². The van der Waals surface area contributed by atoms with Crippen LogP contribution in [0.3, 0.4) is 0 Å². The lowest BCUT2D eigenvalue weighted by Crippen LogP contribution is -2.15. The van der Waals surface area contributed by atoms with Gasteiger partial charge in [0.2, 0.25) is 5.76 Å². The van der Waals surface area contributed by atoms with E-state index in [4.69, 9.17) is 23.6 Å². The minimum Gasteiger partial charge on any atom is -0.497 e. The van der Waals surface area contributed by atoms with Crippen LogP contribution in [-0.4, -0.2) is 25.9 Å². The minimum atomic E-state index is -0.536. The maximum Gasteiger partial charge on any atom is 0.374 e. The Bertz CT molecular complexity index is 1160. The monoisotopic (exact) mass is 431 g/mol. The van der Waals surface area contributed by atoms with Gasteiger partial charge in [-0.15, -0.1) is 0 Å². The molecular weight excluding hydrogens is 406 g/mol. The van der Waals surface area contributed by atoms with Crippen molar-refractivity contribution >= 4 is 11.7 Å². The van der Waals surface area contributed by atoms with Gasteiger partial charge in [0.1, 0.15) is 11.4 Å². The summed E-state index contributed by atoms with van der Waals surface area (Å²) in [7, 11) is 3.00. The molecule has 0 amide bonds. The molecule has 32 heavy (non-hydrogen) atoms. The summed E-state index contributed by atoms with van der Waals surface area (Å²) in [5.41, 5.74) is 5.93. The number of methoxy groups -OCH3 is 2. The van der Waals surface area contributed by atoms with Gasteiger partial charge in [0.05, 0.1) is 14.2 Å². The van der Waals surface area contributed by atoms with E-state index < -0.39 is 5.97 Å². The van der Waals surface area contributed by atoms with Crippen molar-refractivity contribution in [2.24, 2.45) is 10.9 Å². The molecule has 5 rings (SSSR count). The Morgan fingerprint density at radius 2 is 1.91 bits per heavy atom. The van der Waals surface area contributed by atoms with E-state index >= 15 is 0 Å². The SMILES string of the molecule is COC(=O)c1ccc(OC2=C3N=C4CCCCC4=C3C(Cc3ccc(OC)cc3)C=C2)o1. The zero-order chi connectivity index (χ0) is 22.1. The minimum absolute atomic E-state index is 0.107. The van der Waals surface area contributed by atoms with Crippen molar-refractivity contribution in [3.05, 3.63) is 82.5 Å². The van der Waals surface area contributed by atoms with Crippen molar-refractivity contribution < 1.29 is 23.4 Å². The summed E-state index contributed by atoms with van der Waals surface area (Å²) >= 11 is 0. The number of aliphatic imine (C=N–C) groups is 1. The summed E-state index contributed by atoms with van der Waals surface area (Å²) in [6.07, 6.45) is 9.42. The summed E-state index contributed by atoms with van der Waals surface area (Å²) in [4.78, 5) is 16.7. The number of ether oxygens (including phenoxy) is 3. The van der Waals surface area contributed by atoms with Crippen molar-refractivity contribution in [3.63, 3.8) is 0 Å². The Hall–Kier alpha value is -3.54. The molecule has 0 bridgehead atoms. The smallest absolute Gasteiger partial charge is 0.374 e. The molecule has 2 heterocycles. The second-order valence-electron chi connectivity index (χ2n) is 8.10. The summed E-state index contributed by atoms with van der Waals surface area (Å²) in [6.45, 7) is 0. The zero-order valence-electron chi connectivity index (χ0n) is 18.2. The lowest BCUT2D eigenvalue weighted by Gasteiger charge is -2.24. The van der Waals surface area contributed by atoms with Crippen molar-refractivity contribution in [1.29, 1.82) is 0 Å². The predicted molar refractivity (Wildman–Crippen MR) is 120 cm³/mol. The van der Waals surface area contributed by atoms with E-state index in [2.05, 4.69) is 18.2 Å². The van der Waals surface area contributed by atoms with Crippen LogP contribution in [0.5, 0.6) is 11.7 Å². The number of benzene rings is 1. The maximum atomic E-state index is 11.7. The highest BCUT2D eigenvalue weighted by Crippen LogP contribution is 2.43. The number of allylic oxidation sites excluding steroid dienone is 4. The van der Waals surface area contributed by atoms with Crippen LogP contribution >= 0.6 is 0 Å². The van der Waals surface area contributed by atoms with Crippen LogP contribution in [0.2, 0.25) is 0 Å². The molecule has 6 heteroatoms. The lowest BCUT2D eigenvalue weighted by atomic mass is 9.81. The third-order valence-electron chi connectivity index (χ3n) is 6.14. The molecule has 6 nitrogen and oxygen atoms in total. The Morgan fingerprint density at radius 1 is 1.09 bits per heavy atom. The van der Waals surface area contributed by atoms with Gasteiger partial charge in [-0.05, 0) is 73.1 Å². The molecule has 2 aromatic rings. The molecule has 1 aromatic heterocycles. The van der Waals surface area contributed by atoms with Crippen molar-refractivity contribution in [1.82, 2.24) is 0 Å². The third-order valence-corrected chi connectivity index (χ3v) is 6.14. The van der Waals surface area contributed by atoms with Gasteiger partial charge in [0, 0.05) is 17.7 Å².